The summed E-state index contributed by atoms with van der Waals surface area (Å²) in [5, 5.41) is 13.3. The van der Waals surface area contributed by atoms with Gasteiger partial charge < -0.3 is 5.32 Å². The van der Waals surface area contributed by atoms with Crippen LogP contribution in [0.25, 0.3) is 11.3 Å². The smallest absolute Gasteiger partial charge is 0.286 e. The van der Waals surface area contributed by atoms with E-state index in [0.29, 0.717) is 5.69 Å². The van der Waals surface area contributed by atoms with Crippen LogP contribution < -0.4 is 5.32 Å². The van der Waals surface area contributed by atoms with E-state index in [9.17, 15) is 4.79 Å². The van der Waals surface area contributed by atoms with Gasteiger partial charge in [-0.1, -0.05) is 23.5 Å². The van der Waals surface area contributed by atoms with E-state index in [1.54, 1.807) is 11.3 Å². The Morgan fingerprint density at radius 2 is 2.00 bits per heavy atom. The SMILES string of the molecule is Cc1nc(-c2ccc(NC(=O)c3nnc(Cl)s3)cc2)cs1. The Kier molecular flexibility index (Phi) is 3.96. The van der Waals surface area contributed by atoms with Gasteiger partial charge in [-0.2, -0.15) is 0 Å². The second-order valence-electron chi connectivity index (χ2n) is 4.14. The number of benzene rings is 1. The van der Waals surface area contributed by atoms with Gasteiger partial charge in [0, 0.05) is 16.6 Å². The number of rotatable bonds is 3. The number of carbonyl (C=O) groups excluding carboxylic acids is 1. The first-order valence-corrected chi connectivity index (χ1v) is 8.02. The normalized spacial score (nSPS) is 10.6. The van der Waals surface area contributed by atoms with Crippen molar-refractivity contribution >= 4 is 45.9 Å². The van der Waals surface area contributed by atoms with Gasteiger partial charge in [-0.15, -0.1) is 21.5 Å². The topological polar surface area (TPSA) is 67.8 Å². The molecule has 21 heavy (non-hydrogen) atoms. The number of carbonyl (C=O) groups is 1. The number of aromatic nitrogens is 3. The fourth-order valence-corrected chi connectivity index (χ4v) is 3.05. The van der Waals surface area contributed by atoms with E-state index < -0.39 is 0 Å². The summed E-state index contributed by atoms with van der Waals surface area (Å²) in [5.74, 6) is -0.323. The van der Waals surface area contributed by atoms with E-state index in [2.05, 4.69) is 20.5 Å². The third-order valence-corrected chi connectivity index (χ3v) is 4.44. The van der Waals surface area contributed by atoms with Gasteiger partial charge in [-0.25, -0.2) is 4.98 Å². The summed E-state index contributed by atoms with van der Waals surface area (Å²) in [4.78, 5) is 16.3. The van der Waals surface area contributed by atoms with Crippen molar-refractivity contribution in [3.63, 3.8) is 0 Å². The van der Waals surface area contributed by atoms with Crippen LogP contribution in [0.15, 0.2) is 29.6 Å². The molecule has 8 heteroatoms. The first kappa shape index (κ1) is 14.1. The van der Waals surface area contributed by atoms with E-state index in [4.69, 9.17) is 11.6 Å². The Bertz CT molecular complexity index is 782. The maximum Gasteiger partial charge on any atom is 0.286 e. The fourth-order valence-electron chi connectivity index (χ4n) is 1.70. The van der Waals surface area contributed by atoms with Crippen molar-refractivity contribution in [3.05, 3.63) is 44.1 Å². The first-order chi connectivity index (χ1) is 10.1. The Morgan fingerprint density at radius 3 is 2.57 bits per heavy atom. The van der Waals surface area contributed by atoms with Crippen LogP contribution in [0.3, 0.4) is 0 Å². The molecule has 0 bridgehead atoms. The molecule has 1 aromatic carbocycles. The molecule has 0 aliphatic carbocycles. The fraction of sp³-hybridized carbons (Fsp3) is 0.0769. The van der Waals surface area contributed by atoms with E-state index >= 15 is 0 Å². The molecule has 2 aromatic heterocycles. The van der Waals surface area contributed by atoms with Crippen molar-refractivity contribution < 1.29 is 4.79 Å². The van der Waals surface area contributed by atoms with Gasteiger partial charge in [-0.05, 0) is 30.7 Å². The summed E-state index contributed by atoms with van der Waals surface area (Å²) in [6, 6.07) is 7.48. The highest BCUT2D eigenvalue weighted by Gasteiger charge is 2.12. The predicted octanol–water partition coefficient (Wildman–Crippen LogP) is 3.88. The third kappa shape index (κ3) is 3.26. The molecule has 0 fully saturated rings. The average Bonchev–Trinajstić information content (AvgIpc) is 3.08. The zero-order chi connectivity index (χ0) is 14.8. The minimum absolute atomic E-state index is 0.235. The largest absolute Gasteiger partial charge is 0.320 e. The maximum atomic E-state index is 11.9. The molecule has 0 radical (unpaired) electrons. The molecule has 5 nitrogen and oxygen atoms in total. The number of thiazole rings is 1. The van der Waals surface area contributed by atoms with Crippen molar-refractivity contribution in [1.82, 2.24) is 15.2 Å². The Labute approximate surface area is 133 Å². The molecule has 0 unspecified atom stereocenters. The van der Waals surface area contributed by atoms with Crippen molar-refractivity contribution in [2.75, 3.05) is 5.32 Å². The highest BCUT2D eigenvalue weighted by molar-refractivity contribution is 7.17. The van der Waals surface area contributed by atoms with Crippen LogP contribution >= 0.6 is 34.3 Å². The van der Waals surface area contributed by atoms with Crippen LogP contribution in [-0.4, -0.2) is 21.1 Å². The van der Waals surface area contributed by atoms with Gasteiger partial charge in [-0.3, -0.25) is 4.79 Å². The molecule has 106 valence electrons. The van der Waals surface area contributed by atoms with E-state index in [0.717, 1.165) is 27.6 Å². The molecule has 3 aromatic rings. The molecule has 0 atom stereocenters. The molecule has 0 saturated heterocycles. The maximum absolute atomic E-state index is 11.9. The third-order valence-electron chi connectivity index (χ3n) is 2.65. The van der Waals surface area contributed by atoms with Crippen molar-refractivity contribution in [2.45, 2.75) is 6.92 Å². The summed E-state index contributed by atoms with van der Waals surface area (Å²) >= 11 is 8.30. The van der Waals surface area contributed by atoms with E-state index in [1.807, 2.05) is 36.6 Å². The molecular weight excluding hydrogens is 328 g/mol. The summed E-state index contributed by atoms with van der Waals surface area (Å²) in [7, 11) is 0. The minimum atomic E-state index is -0.323. The van der Waals surface area contributed by atoms with Crippen LogP contribution in [0.2, 0.25) is 4.47 Å². The Morgan fingerprint density at radius 1 is 1.24 bits per heavy atom. The predicted molar refractivity (Wildman–Crippen MR) is 85.2 cm³/mol. The van der Waals surface area contributed by atoms with Crippen LogP contribution in [0, 0.1) is 6.92 Å². The second kappa shape index (κ2) is 5.88. The molecule has 2 heterocycles. The highest BCUT2D eigenvalue weighted by atomic mass is 35.5. The monoisotopic (exact) mass is 336 g/mol. The van der Waals surface area contributed by atoms with Crippen LogP contribution in [0.1, 0.15) is 14.8 Å². The number of nitrogens with one attached hydrogen (secondary N) is 1. The molecular formula is C13H9ClN4OS2. The zero-order valence-electron chi connectivity index (χ0n) is 10.8. The molecule has 0 aliphatic rings. The second-order valence-corrected chi connectivity index (χ2v) is 6.77. The van der Waals surface area contributed by atoms with Gasteiger partial charge in [0.05, 0.1) is 10.7 Å². The van der Waals surface area contributed by atoms with Gasteiger partial charge in [0.25, 0.3) is 5.91 Å². The van der Waals surface area contributed by atoms with Crippen LogP contribution in [0.5, 0.6) is 0 Å². The summed E-state index contributed by atoms with van der Waals surface area (Å²) in [6.07, 6.45) is 0. The zero-order valence-corrected chi connectivity index (χ0v) is 13.2. The number of aryl methyl sites for hydroxylation is 1. The molecule has 3 rings (SSSR count). The number of hydrogen-bond donors (Lipinski definition) is 1. The number of anilines is 1. The highest BCUT2D eigenvalue weighted by Crippen LogP contribution is 2.23. The summed E-state index contributed by atoms with van der Waals surface area (Å²) in [6.45, 7) is 1.97. The van der Waals surface area contributed by atoms with Crippen LogP contribution in [0.4, 0.5) is 5.69 Å². The van der Waals surface area contributed by atoms with E-state index in [-0.39, 0.29) is 15.4 Å². The van der Waals surface area contributed by atoms with Crippen molar-refractivity contribution in [3.8, 4) is 11.3 Å². The summed E-state index contributed by atoms with van der Waals surface area (Å²) in [5.41, 5.74) is 2.63. The molecule has 1 N–H and O–H groups in total. The molecule has 0 saturated carbocycles. The lowest BCUT2D eigenvalue weighted by Crippen LogP contribution is -2.11. The number of hydrogen-bond acceptors (Lipinski definition) is 6. The van der Waals surface area contributed by atoms with Gasteiger partial charge in [0.1, 0.15) is 0 Å². The lowest BCUT2D eigenvalue weighted by molar-refractivity contribution is 0.102. The number of amides is 1. The number of halogens is 1. The Hall–Kier alpha value is -1.83. The van der Waals surface area contributed by atoms with Crippen molar-refractivity contribution in [2.24, 2.45) is 0 Å². The van der Waals surface area contributed by atoms with E-state index in [1.165, 1.54) is 0 Å². The van der Waals surface area contributed by atoms with Crippen LogP contribution in [-0.2, 0) is 0 Å². The molecule has 0 spiro atoms. The lowest BCUT2D eigenvalue weighted by atomic mass is 10.1. The van der Waals surface area contributed by atoms with Gasteiger partial charge in [0.2, 0.25) is 9.47 Å². The Balaban J connectivity index is 1.74. The van der Waals surface area contributed by atoms with Gasteiger partial charge >= 0.3 is 0 Å². The molecule has 0 aliphatic heterocycles. The standard InChI is InChI=1S/C13H9ClN4OS2/c1-7-15-10(6-20-7)8-2-4-9(5-3-8)16-11(19)12-17-18-13(14)21-12/h2-6H,1H3,(H,16,19). The minimum Gasteiger partial charge on any atom is -0.320 e. The first-order valence-electron chi connectivity index (χ1n) is 5.95. The summed E-state index contributed by atoms with van der Waals surface area (Å²) < 4.78 is 0.245. The quantitative estimate of drug-likeness (QED) is 0.788. The molecule has 1 amide bonds. The van der Waals surface area contributed by atoms with Gasteiger partial charge in [0.15, 0.2) is 0 Å². The lowest BCUT2D eigenvalue weighted by Gasteiger charge is -2.03. The number of nitrogens with zero attached hydrogens (tertiary/aromatic N) is 3. The average molecular weight is 337 g/mol. The van der Waals surface area contributed by atoms with Crippen molar-refractivity contribution in [1.29, 1.82) is 0 Å².